The molecule has 0 bridgehead atoms. The van der Waals surface area contributed by atoms with E-state index in [2.05, 4.69) is 41.6 Å². The van der Waals surface area contributed by atoms with Crippen LogP contribution in [-0.2, 0) is 11.3 Å². The zero-order chi connectivity index (χ0) is 19.2. The van der Waals surface area contributed by atoms with Gasteiger partial charge in [0.25, 0.3) is 0 Å². The van der Waals surface area contributed by atoms with Gasteiger partial charge in [-0.3, -0.25) is 4.79 Å². The third-order valence-electron chi connectivity index (χ3n) is 4.93. The fourth-order valence-corrected chi connectivity index (χ4v) is 3.00. The molecule has 0 atom stereocenters. The maximum absolute atomic E-state index is 12.1. The predicted octanol–water partition coefficient (Wildman–Crippen LogP) is 5.09. The Morgan fingerprint density at radius 1 is 1.11 bits per heavy atom. The van der Waals surface area contributed by atoms with Gasteiger partial charge in [0, 0.05) is 17.3 Å². The molecule has 2 aromatic carbocycles. The second-order valence-electron chi connectivity index (χ2n) is 7.42. The lowest BCUT2D eigenvalue weighted by Crippen LogP contribution is -2.28. The number of aliphatic imine (C=N–C) groups is 1. The van der Waals surface area contributed by atoms with Crippen LogP contribution in [0.25, 0.3) is 0 Å². The number of carbonyl (C=O) groups is 1. The number of hydrogen-bond acceptors (Lipinski definition) is 2. The van der Waals surface area contributed by atoms with Crippen molar-refractivity contribution in [2.45, 2.75) is 45.6 Å². The number of nitrogens with one attached hydrogen (secondary N) is 2. The van der Waals surface area contributed by atoms with Crippen molar-refractivity contribution in [3.05, 3.63) is 59.7 Å². The lowest BCUT2D eigenvalue weighted by Gasteiger charge is -2.24. The molecule has 0 spiro atoms. The molecule has 6 heteroatoms. The second-order valence-corrected chi connectivity index (χ2v) is 7.42. The molecule has 1 saturated carbocycles. The molecule has 0 radical (unpaired) electrons. The first-order chi connectivity index (χ1) is 13.0. The highest BCUT2D eigenvalue weighted by Gasteiger charge is 2.25. The Morgan fingerprint density at radius 2 is 1.79 bits per heavy atom. The normalized spacial score (nSPS) is 14.2. The summed E-state index contributed by atoms with van der Waals surface area (Å²) >= 11 is 0. The number of rotatable bonds is 6. The van der Waals surface area contributed by atoms with E-state index in [1.54, 1.807) is 0 Å². The standard InChI is InChI=1S/C22H28N4O.HI/c1-15(2)18-9-5-11-20(13-18)26-22(23)24-14-16-6-3-10-19(12-16)25-21(27)17-7-4-8-17;/h3,5-6,9-13,15,17H,4,7-8,14H2,1-2H3,(H,25,27)(H3,23,24,26);1H. The Hall–Kier alpha value is -2.09. The van der Waals surface area contributed by atoms with Crippen LogP contribution in [0, 0.1) is 5.92 Å². The van der Waals surface area contributed by atoms with E-state index in [1.807, 2.05) is 36.4 Å². The van der Waals surface area contributed by atoms with Gasteiger partial charge in [-0.2, -0.15) is 0 Å². The Bertz CT molecular complexity index is 831. The van der Waals surface area contributed by atoms with Gasteiger partial charge in [-0.05, 0) is 54.2 Å². The average Bonchev–Trinajstić information content (AvgIpc) is 2.59. The largest absolute Gasteiger partial charge is 0.370 e. The number of nitrogens with two attached hydrogens (primary N) is 1. The van der Waals surface area contributed by atoms with Crippen LogP contribution >= 0.6 is 24.0 Å². The van der Waals surface area contributed by atoms with E-state index in [4.69, 9.17) is 5.73 Å². The van der Waals surface area contributed by atoms with Crippen LogP contribution in [0.15, 0.2) is 53.5 Å². The van der Waals surface area contributed by atoms with Gasteiger partial charge in [-0.25, -0.2) is 4.99 Å². The first kappa shape index (κ1) is 22.2. The van der Waals surface area contributed by atoms with E-state index in [-0.39, 0.29) is 35.8 Å². The number of carbonyl (C=O) groups excluding carboxylic acids is 1. The van der Waals surface area contributed by atoms with E-state index in [0.717, 1.165) is 36.2 Å². The number of nitrogens with zero attached hydrogens (tertiary/aromatic N) is 1. The molecule has 2 aromatic rings. The van der Waals surface area contributed by atoms with Gasteiger partial charge < -0.3 is 16.4 Å². The molecule has 0 unspecified atom stereocenters. The number of guanidine groups is 1. The highest BCUT2D eigenvalue weighted by molar-refractivity contribution is 14.0. The molecule has 1 aliphatic rings. The van der Waals surface area contributed by atoms with Crippen molar-refractivity contribution in [2.75, 3.05) is 10.6 Å². The summed E-state index contributed by atoms with van der Waals surface area (Å²) in [5.74, 6) is 1.13. The summed E-state index contributed by atoms with van der Waals surface area (Å²) in [6, 6.07) is 15.9. The zero-order valence-corrected chi connectivity index (χ0v) is 18.8. The summed E-state index contributed by atoms with van der Waals surface area (Å²) in [6.45, 7) is 4.77. The number of benzene rings is 2. The zero-order valence-electron chi connectivity index (χ0n) is 16.4. The minimum atomic E-state index is 0. The Labute approximate surface area is 184 Å². The van der Waals surface area contributed by atoms with Crippen LogP contribution in [0.1, 0.15) is 50.2 Å². The van der Waals surface area contributed by atoms with E-state index in [9.17, 15) is 4.79 Å². The Morgan fingerprint density at radius 3 is 2.43 bits per heavy atom. The predicted molar refractivity (Wildman–Crippen MR) is 127 cm³/mol. The van der Waals surface area contributed by atoms with E-state index in [1.165, 1.54) is 5.56 Å². The average molecular weight is 492 g/mol. The maximum atomic E-state index is 12.1. The molecule has 1 fully saturated rings. The number of anilines is 2. The minimum absolute atomic E-state index is 0. The lowest BCUT2D eigenvalue weighted by molar-refractivity contribution is -0.122. The summed E-state index contributed by atoms with van der Waals surface area (Å²) in [6.07, 6.45) is 3.14. The first-order valence-electron chi connectivity index (χ1n) is 9.58. The Balaban J connectivity index is 0.00000280. The molecular formula is C22H29IN4O. The van der Waals surface area contributed by atoms with Gasteiger partial charge in [0.15, 0.2) is 5.96 Å². The van der Waals surface area contributed by atoms with Crippen molar-refractivity contribution in [1.82, 2.24) is 0 Å². The summed E-state index contributed by atoms with van der Waals surface area (Å²) < 4.78 is 0. The molecule has 5 nitrogen and oxygen atoms in total. The van der Waals surface area contributed by atoms with Gasteiger partial charge in [-0.15, -0.1) is 24.0 Å². The quantitative estimate of drug-likeness (QED) is 0.299. The Kier molecular flexibility index (Phi) is 8.29. The molecule has 1 aliphatic carbocycles. The van der Waals surface area contributed by atoms with Crippen molar-refractivity contribution < 1.29 is 4.79 Å². The number of hydrogen-bond donors (Lipinski definition) is 3. The van der Waals surface area contributed by atoms with Gasteiger partial charge in [-0.1, -0.05) is 44.5 Å². The smallest absolute Gasteiger partial charge is 0.227 e. The topological polar surface area (TPSA) is 79.5 Å². The van der Waals surface area contributed by atoms with Crippen LogP contribution in [-0.4, -0.2) is 11.9 Å². The van der Waals surface area contributed by atoms with Gasteiger partial charge >= 0.3 is 0 Å². The molecule has 3 rings (SSSR count). The summed E-state index contributed by atoms with van der Waals surface area (Å²) in [7, 11) is 0. The van der Waals surface area contributed by atoms with Crippen LogP contribution in [0.2, 0.25) is 0 Å². The molecule has 1 amide bonds. The molecule has 0 aromatic heterocycles. The van der Waals surface area contributed by atoms with Crippen molar-refractivity contribution in [1.29, 1.82) is 0 Å². The fourth-order valence-electron chi connectivity index (χ4n) is 3.00. The third-order valence-corrected chi connectivity index (χ3v) is 4.93. The van der Waals surface area contributed by atoms with Gasteiger partial charge in [0.2, 0.25) is 5.91 Å². The summed E-state index contributed by atoms with van der Waals surface area (Å²) in [4.78, 5) is 16.5. The SMILES string of the molecule is CC(C)c1cccc(NC(N)=NCc2cccc(NC(=O)C3CCC3)c2)c1.I. The van der Waals surface area contributed by atoms with Gasteiger partial charge in [0.1, 0.15) is 0 Å². The lowest BCUT2D eigenvalue weighted by atomic mass is 9.85. The monoisotopic (exact) mass is 492 g/mol. The van der Waals surface area contributed by atoms with Crippen molar-refractivity contribution in [3.63, 3.8) is 0 Å². The molecular weight excluding hydrogens is 463 g/mol. The van der Waals surface area contributed by atoms with Gasteiger partial charge in [0.05, 0.1) is 6.54 Å². The van der Waals surface area contributed by atoms with E-state index >= 15 is 0 Å². The first-order valence-corrected chi connectivity index (χ1v) is 9.58. The number of amides is 1. The molecule has 28 heavy (non-hydrogen) atoms. The van der Waals surface area contributed by atoms with Crippen LogP contribution in [0.3, 0.4) is 0 Å². The molecule has 0 heterocycles. The fraction of sp³-hybridized carbons (Fsp3) is 0.364. The minimum Gasteiger partial charge on any atom is -0.370 e. The molecule has 0 aliphatic heterocycles. The summed E-state index contributed by atoms with van der Waals surface area (Å²) in [5.41, 5.74) is 10.0. The third kappa shape index (κ3) is 6.22. The molecule has 150 valence electrons. The van der Waals surface area contributed by atoms with Crippen LogP contribution in [0.4, 0.5) is 11.4 Å². The molecule has 0 saturated heterocycles. The van der Waals surface area contributed by atoms with Crippen molar-refractivity contribution in [3.8, 4) is 0 Å². The maximum Gasteiger partial charge on any atom is 0.227 e. The highest BCUT2D eigenvalue weighted by Crippen LogP contribution is 2.27. The van der Waals surface area contributed by atoms with E-state index < -0.39 is 0 Å². The van der Waals surface area contributed by atoms with Crippen molar-refractivity contribution in [2.24, 2.45) is 16.6 Å². The van der Waals surface area contributed by atoms with Crippen molar-refractivity contribution >= 4 is 47.2 Å². The number of halogens is 1. The molecule has 4 N–H and O–H groups in total. The highest BCUT2D eigenvalue weighted by atomic mass is 127. The van der Waals surface area contributed by atoms with E-state index in [0.29, 0.717) is 18.4 Å². The second kappa shape index (κ2) is 10.5. The summed E-state index contributed by atoms with van der Waals surface area (Å²) in [5, 5.41) is 6.14. The van der Waals surface area contributed by atoms with Crippen LogP contribution in [0.5, 0.6) is 0 Å². The van der Waals surface area contributed by atoms with Crippen LogP contribution < -0.4 is 16.4 Å².